The molecule has 0 unspecified atom stereocenters. The highest BCUT2D eigenvalue weighted by Gasteiger charge is 2.15. The molecule has 0 atom stereocenters. The van der Waals surface area contributed by atoms with Crippen LogP contribution in [-0.4, -0.2) is 37.7 Å². The monoisotopic (exact) mass is 584 g/mol. The van der Waals surface area contributed by atoms with Crippen molar-refractivity contribution < 1.29 is 38.1 Å². The Morgan fingerprint density at radius 3 is 1.98 bits per heavy atom. The first kappa shape index (κ1) is 32.4. The van der Waals surface area contributed by atoms with Crippen LogP contribution in [0.5, 0.6) is 17.2 Å². The molecule has 0 aliphatic rings. The Balaban J connectivity index is 1.53. The Morgan fingerprint density at radius 2 is 1.33 bits per heavy atom. The maximum absolute atomic E-state index is 12.9. The molecule has 0 radical (unpaired) electrons. The zero-order valence-corrected chi connectivity index (χ0v) is 24.3. The SMILES string of the molecule is C=CC(=O)OCCCCc1ccc(C(=C)Oc2ccc(C)cc2OC(=O)c2ccc(OCCCOC(=O)C=C)cc2)cc1. The minimum Gasteiger partial charge on any atom is -0.493 e. The van der Waals surface area contributed by atoms with Crippen molar-refractivity contribution in [3.05, 3.63) is 121 Å². The highest BCUT2D eigenvalue weighted by atomic mass is 16.6. The first-order valence-corrected chi connectivity index (χ1v) is 13.9. The maximum Gasteiger partial charge on any atom is 0.343 e. The van der Waals surface area contributed by atoms with Crippen molar-refractivity contribution in [3.63, 3.8) is 0 Å². The van der Waals surface area contributed by atoms with E-state index in [2.05, 4.69) is 19.7 Å². The zero-order valence-electron chi connectivity index (χ0n) is 24.3. The van der Waals surface area contributed by atoms with E-state index in [4.69, 9.17) is 23.7 Å². The van der Waals surface area contributed by atoms with Crippen LogP contribution >= 0.6 is 0 Å². The third-order valence-electron chi connectivity index (χ3n) is 6.14. The second-order valence-corrected chi connectivity index (χ2v) is 9.49. The Morgan fingerprint density at radius 1 is 0.698 bits per heavy atom. The van der Waals surface area contributed by atoms with Crippen LogP contribution in [0.25, 0.3) is 5.76 Å². The number of hydrogen-bond acceptors (Lipinski definition) is 8. The molecule has 0 spiro atoms. The fraction of sp³-hybridized carbons (Fsp3) is 0.229. The maximum atomic E-state index is 12.9. The third-order valence-corrected chi connectivity index (χ3v) is 6.14. The standard InChI is InChI=1S/C35H36O8/c1-5-33(36)40-21-8-7-10-27-12-14-28(15-13-27)26(4)42-31-20-11-25(3)24-32(31)43-35(38)29-16-18-30(19-17-29)39-22-9-23-41-34(37)6-2/h5-6,11-20,24H,1-2,4,7-10,21-23H2,3H3. The number of unbranched alkanes of at least 4 members (excludes halogenated alkanes) is 1. The lowest BCUT2D eigenvalue weighted by Crippen LogP contribution is -2.10. The van der Waals surface area contributed by atoms with Crippen molar-refractivity contribution in [2.24, 2.45) is 0 Å². The van der Waals surface area contributed by atoms with E-state index < -0.39 is 17.9 Å². The van der Waals surface area contributed by atoms with Crippen LogP contribution in [0.4, 0.5) is 0 Å². The minimum absolute atomic E-state index is 0.228. The van der Waals surface area contributed by atoms with E-state index in [-0.39, 0.29) is 12.4 Å². The molecule has 0 aliphatic heterocycles. The Labute approximate surface area is 252 Å². The summed E-state index contributed by atoms with van der Waals surface area (Å²) in [6, 6.07) is 19.7. The van der Waals surface area contributed by atoms with Crippen molar-refractivity contribution >= 4 is 23.7 Å². The number of benzene rings is 3. The van der Waals surface area contributed by atoms with Gasteiger partial charge in [-0.1, -0.05) is 50.1 Å². The van der Waals surface area contributed by atoms with Gasteiger partial charge in [-0.25, -0.2) is 14.4 Å². The fourth-order valence-corrected chi connectivity index (χ4v) is 3.82. The number of ether oxygens (including phenoxy) is 5. The van der Waals surface area contributed by atoms with E-state index in [1.165, 1.54) is 0 Å². The number of aryl methyl sites for hydroxylation is 2. The molecule has 0 heterocycles. The Bertz CT molecular complexity index is 1420. The molecule has 0 amide bonds. The first-order chi connectivity index (χ1) is 20.8. The summed E-state index contributed by atoms with van der Waals surface area (Å²) in [7, 11) is 0. The fourth-order valence-electron chi connectivity index (χ4n) is 3.82. The van der Waals surface area contributed by atoms with Gasteiger partial charge in [0.05, 0.1) is 25.4 Å². The molecule has 0 N–H and O–H groups in total. The Kier molecular flexibility index (Phi) is 12.8. The summed E-state index contributed by atoms with van der Waals surface area (Å²) < 4.78 is 27.3. The van der Waals surface area contributed by atoms with Crippen molar-refractivity contribution in [1.29, 1.82) is 0 Å². The lowest BCUT2D eigenvalue weighted by Gasteiger charge is -2.14. The van der Waals surface area contributed by atoms with Gasteiger partial charge in [0.15, 0.2) is 11.5 Å². The summed E-state index contributed by atoms with van der Waals surface area (Å²) in [4.78, 5) is 35.1. The van der Waals surface area contributed by atoms with E-state index >= 15 is 0 Å². The smallest absolute Gasteiger partial charge is 0.343 e. The van der Waals surface area contributed by atoms with E-state index in [0.717, 1.165) is 48.1 Å². The van der Waals surface area contributed by atoms with Gasteiger partial charge < -0.3 is 23.7 Å². The van der Waals surface area contributed by atoms with Crippen LogP contribution in [-0.2, 0) is 25.5 Å². The van der Waals surface area contributed by atoms with Crippen LogP contribution in [0.3, 0.4) is 0 Å². The highest BCUT2D eigenvalue weighted by molar-refractivity contribution is 5.91. The van der Waals surface area contributed by atoms with Crippen molar-refractivity contribution in [1.82, 2.24) is 0 Å². The van der Waals surface area contributed by atoms with Gasteiger partial charge in [-0.2, -0.15) is 0 Å². The van der Waals surface area contributed by atoms with Gasteiger partial charge in [0.1, 0.15) is 11.5 Å². The summed E-state index contributed by atoms with van der Waals surface area (Å²) in [6.07, 6.45) is 5.28. The average molecular weight is 585 g/mol. The van der Waals surface area contributed by atoms with Gasteiger partial charge in [-0.3, -0.25) is 0 Å². The summed E-state index contributed by atoms with van der Waals surface area (Å²) in [5.41, 5.74) is 3.16. The predicted octanol–water partition coefficient (Wildman–Crippen LogP) is 6.81. The molecule has 0 saturated carbocycles. The summed E-state index contributed by atoms with van der Waals surface area (Å²) in [6.45, 7) is 13.6. The molecular formula is C35H36O8. The number of rotatable bonds is 17. The average Bonchev–Trinajstić information content (AvgIpc) is 3.02. The lowest BCUT2D eigenvalue weighted by atomic mass is 10.1. The Hall–Kier alpha value is -5.11. The van der Waals surface area contributed by atoms with E-state index in [0.29, 0.717) is 42.5 Å². The largest absolute Gasteiger partial charge is 0.493 e. The van der Waals surface area contributed by atoms with Gasteiger partial charge in [-0.05, 0) is 73.7 Å². The molecular weight excluding hydrogens is 548 g/mol. The highest BCUT2D eigenvalue weighted by Crippen LogP contribution is 2.32. The van der Waals surface area contributed by atoms with Crippen LogP contribution in [0.15, 0.2) is 98.6 Å². The van der Waals surface area contributed by atoms with Crippen LogP contribution in [0.1, 0.15) is 46.3 Å². The normalized spacial score (nSPS) is 10.3. The topological polar surface area (TPSA) is 97.4 Å². The molecule has 43 heavy (non-hydrogen) atoms. The zero-order chi connectivity index (χ0) is 31.0. The molecule has 0 fully saturated rings. The van der Waals surface area contributed by atoms with Gasteiger partial charge in [0.25, 0.3) is 0 Å². The van der Waals surface area contributed by atoms with Gasteiger partial charge in [0, 0.05) is 24.1 Å². The lowest BCUT2D eigenvalue weighted by molar-refractivity contribution is -0.138. The molecule has 0 aromatic heterocycles. The molecule has 0 saturated heterocycles. The van der Waals surface area contributed by atoms with Crippen LogP contribution in [0, 0.1) is 6.92 Å². The van der Waals surface area contributed by atoms with E-state index in [1.54, 1.807) is 36.4 Å². The number of carbonyl (C=O) groups is 3. The van der Waals surface area contributed by atoms with Crippen molar-refractivity contribution in [2.75, 3.05) is 19.8 Å². The summed E-state index contributed by atoms with van der Waals surface area (Å²) in [5, 5.41) is 0. The van der Waals surface area contributed by atoms with Gasteiger partial charge >= 0.3 is 17.9 Å². The van der Waals surface area contributed by atoms with Gasteiger partial charge in [-0.15, -0.1) is 0 Å². The molecule has 3 aromatic rings. The molecule has 3 aromatic carbocycles. The summed E-state index contributed by atoms with van der Waals surface area (Å²) in [5.74, 6) is 0.181. The summed E-state index contributed by atoms with van der Waals surface area (Å²) >= 11 is 0. The second-order valence-electron chi connectivity index (χ2n) is 9.49. The molecule has 8 heteroatoms. The molecule has 8 nitrogen and oxygen atoms in total. The van der Waals surface area contributed by atoms with Crippen molar-refractivity contribution in [3.8, 4) is 17.2 Å². The van der Waals surface area contributed by atoms with Crippen molar-refractivity contribution in [2.45, 2.75) is 32.6 Å². The quantitative estimate of drug-likeness (QED) is 0.0561. The number of esters is 3. The number of hydrogen-bond donors (Lipinski definition) is 0. The predicted molar refractivity (Wildman–Crippen MR) is 164 cm³/mol. The van der Waals surface area contributed by atoms with Gasteiger partial charge in [0.2, 0.25) is 0 Å². The molecule has 0 aliphatic carbocycles. The van der Waals surface area contributed by atoms with E-state index in [9.17, 15) is 14.4 Å². The number of carbonyl (C=O) groups excluding carboxylic acids is 3. The first-order valence-electron chi connectivity index (χ1n) is 13.9. The van der Waals surface area contributed by atoms with Crippen LogP contribution in [0.2, 0.25) is 0 Å². The molecule has 3 rings (SSSR count). The molecule has 0 bridgehead atoms. The molecule has 224 valence electrons. The third kappa shape index (κ3) is 11.0. The van der Waals surface area contributed by atoms with Crippen LogP contribution < -0.4 is 14.2 Å². The second kappa shape index (κ2) is 17.0. The minimum atomic E-state index is -0.549. The van der Waals surface area contributed by atoms with E-state index in [1.807, 2.05) is 37.3 Å².